The third-order valence-electron chi connectivity index (χ3n) is 2.22. The summed E-state index contributed by atoms with van der Waals surface area (Å²) < 4.78 is 35.3. The summed E-state index contributed by atoms with van der Waals surface area (Å²) in [7, 11) is 0. The fraction of sp³-hybridized carbons (Fsp3) is 0.889. The van der Waals surface area contributed by atoms with Gasteiger partial charge < -0.3 is 10.9 Å². The second-order valence-electron chi connectivity index (χ2n) is 3.64. The first-order valence-corrected chi connectivity index (χ1v) is 4.91. The van der Waals surface area contributed by atoms with Crippen LogP contribution in [0.25, 0.3) is 0 Å². The fourth-order valence-corrected chi connectivity index (χ4v) is 1.20. The molecule has 0 fully saturated rings. The van der Waals surface area contributed by atoms with Crippen LogP contribution in [0, 0.1) is 5.92 Å². The minimum absolute atomic E-state index is 0.0825. The van der Waals surface area contributed by atoms with Crippen LogP contribution in [-0.2, 0) is 0 Å². The van der Waals surface area contributed by atoms with E-state index in [1.807, 2.05) is 0 Å². The van der Waals surface area contributed by atoms with Crippen molar-refractivity contribution in [2.24, 2.45) is 16.8 Å². The Kier molecular flexibility index (Phi) is 6.12. The third-order valence-corrected chi connectivity index (χ3v) is 2.22. The summed E-state index contributed by atoms with van der Waals surface area (Å²) in [6.45, 7) is 1.78. The van der Waals surface area contributed by atoms with E-state index < -0.39 is 12.6 Å². The van der Waals surface area contributed by atoms with Gasteiger partial charge in [0.05, 0.1) is 0 Å². The van der Waals surface area contributed by atoms with E-state index in [-0.39, 0.29) is 18.2 Å². The highest BCUT2D eigenvalue weighted by molar-refractivity contribution is 5.81. The Labute approximate surface area is 87.1 Å². The molecule has 0 amide bonds. The smallest absolute Gasteiger partial charge is 0.389 e. The molecular weight excluding hydrogens is 209 g/mol. The molecule has 0 aromatic carbocycles. The molecule has 0 aliphatic heterocycles. The number of hydrogen-bond acceptors (Lipinski definition) is 2. The number of hydrogen-bond donors (Lipinski definition) is 2. The highest BCUT2D eigenvalue weighted by Crippen LogP contribution is 2.23. The van der Waals surface area contributed by atoms with Crippen LogP contribution in [0.5, 0.6) is 0 Å². The van der Waals surface area contributed by atoms with E-state index in [2.05, 4.69) is 5.16 Å². The highest BCUT2D eigenvalue weighted by Gasteiger charge is 2.25. The lowest BCUT2D eigenvalue weighted by atomic mass is 10.0. The van der Waals surface area contributed by atoms with E-state index in [0.717, 1.165) is 0 Å². The molecule has 3 nitrogen and oxygen atoms in total. The molecule has 0 radical (unpaired) electrons. The Morgan fingerprint density at radius 3 is 2.40 bits per heavy atom. The molecule has 90 valence electrons. The van der Waals surface area contributed by atoms with E-state index in [1.54, 1.807) is 6.92 Å². The molecule has 3 N–H and O–H groups in total. The summed E-state index contributed by atoms with van der Waals surface area (Å²) in [5.74, 6) is 0.0479. The Hall–Kier alpha value is -0.940. The van der Waals surface area contributed by atoms with Gasteiger partial charge in [0.25, 0.3) is 0 Å². The van der Waals surface area contributed by atoms with Crippen molar-refractivity contribution in [3.63, 3.8) is 0 Å². The van der Waals surface area contributed by atoms with Gasteiger partial charge in [0.15, 0.2) is 0 Å². The molecule has 0 spiro atoms. The first-order valence-electron chi connectivity index (χ1n) is 4.91. The topological polar surface area (TPSA) is 58.6 Å². The molecule has 6 heteroatoms. The molecule has 0 heterocycles. The number of alkyl halides is 3. The molecule has 15 heavy (non-hydrogen) atoms. The first kappa shape index (κ1) is 14.1. The van der Waals surface area contributed by atoms with Crippen molar-refractivity contribution in [2.45, 2.75) is 45.2 Å². The summed E-state index contributed by atoms with van der Waals surface area (Å²) >= 11 is 0. The number of oxime groups is 1. The molecule has 1 atom stereocenters. The molecule has 0 aliphatic carbocycles. The Bertz CT molecular complexity index is 204. The van der Waals surface area contributed by atoms with Gasteiger partial charge in [0.1, 0.15) is 5.84 Å². The van der Waals surface area contributed by atoms with E-state index in [1.165, 1.54) is 0 Å². The van der Waals surface area contributed by atoms with Gasteiger partial charge in [-0.3, -0.25) is 0 Å². The fourth-order valence-electron chi connectivity index (χ4n) is 1.20. The maximum Gasteiger partial charge on any atom is 0.389 e. The number of nitrogens with zero attached hydrogens (tertiary/aromatic N) is 1. The standard InChI is InChI=1S/C9H17F3N2O/c1-7(8(13)14-15)5-3-2-4-6-9(10,11)12/h7,15H,2-6H2,1H3,(H2,13,14). The van der Waals surface area contributed by atoms with Gasteiger partial charge >= 0.3 is 6.18 Å². The first-order chi connectivity index (χ1) is 6.87. The minimum Gasteiger partial charge on any atom is -0.409 e. The van der Waals surface area contributed by atoms with Crippen molar-refractivity contribution in [3.05, 3.63) is 0 Å². The molecule has 0 saturated carbocycles. The molecule has 0 aromatic rings. The number of rotatable bonds is 6. The summed E-state index contributed by atoms with van der Waals surface area (Å²) in [6, 6.07) is 0. The SMILES string of the molecule is CC(CCCCCC(F)(F)F)C(N)=NO. The molecule has 0 bridgehead atoms. The van der Waals surface area contributed by atoms with Crippen molar-refractivity contribution in [2.75, 3.05) is 0 Å². The Morgan fingerprint density at radius 2 is 1.93 bits per heavy atom. The summed E-state index contributed by atoms with van der Waals surface area (Å²) in [5, 5.41) is 11.2. The number of halogens is 3. The summed E-state index contributed by atoms with van der Waals surface area (Å²) in [5.41, 5.74) is 5.32. The van der Waals surface area contributed by atoms with Crippen LogP contribution in [0.3, 0.4) is 0 Å². The molecule has 0 aliphatic rings. The van der Waals surface area contributed by atoms with Gasteiger partial charge in [-0.05, 0) is 12.8 Å². The Balaban J connectivity index is 3.47. The van der Waals surface area contributed by atoms with Crippen LogP contribution < -0.4 is 5.73 Å². The lowest BCUT2D eigenvalue weighted by Gasteiger charge is -2.09. The second-order valence-corrected chi connectivity index (χ2v) is 3.64. The highest BCUT2D eigenvalue weighted by atomic mass is 19.4. The van der Waals surface area contributed by atoms with Crippen LogP contribution in [0.2, 0.25) is 0 Å². The summed E-state index contributed by atoms with van der Waals surface area (Å²) in [4.78, 5) is 0. The molecule has 0 aromatic heterocycles. The molecule has 1 unspecified atom stereocenters. The average molecular weight is 226 g/mol. The summed E-state index contributed by atoms with van der Waals surface area (Å²) in [6.07, 6.45) is -2.82. The number of nitrogens with two attached hydrogens (primary N) is 1. The van der Waals surface area contributed by atoms with E-state index in [0.29, 0.717) is 19.3 Å². The minimum atomic E-state index is -4.06. The normalized spacial score (nSPS) is 15.3. The van der Waals surface area contributed by atoms with Crippen LogP contribution in [0.4, 0.5) is 13.2 Å². The number of unbranched alkanes of at least 4 members (excludes halogenated alkanes) is 2. The lowest BCUT2D eigenvalue weighted by molar-refractivity contribution is -0.135. The number of amidine groups is 1. The van der Waals surface area contributed by atoms with Gasteiger partial charge in [-0.15, -0.1) is 0 Å². The molecule has 0 saturated heterocycles. The van der Waals surface area contributed by atoms with Gasteiger partial charge in [-0.25, -0.2) is 0 Å². The zero-order valence-electron chi connectivity index (χ0n) is 8.72. The van der Waals surface area contributed by atoms with Crippen LogP contribution in [0.1, 0.15) is 39.0 Å². The van der Waals surface area contributed by atoms with Crippen molar-refractivity contribution in [1.82, 2.24) is 0 Å². The third kappa shape index (κ3) is 8.08. The van der Waals surface area contributed by atoms with Crippen molar-refractivity contribution < 1.29 is 18.4 Å². The van der Waals surface area contributed by atoms with Crippen molar-refractivity contribution >= 4 is 5.84 Å². The largest absolute Gasteiger partial charge is 0.409 e. The Morgan fingerprint density at radius 1 is 1.33 bits per heavy atom. The van der Waals surface area contributed by atoms with Gasteiger partial charge in [0, 0.05) is 12.3 Å². The molecule has 0 rings (SSSR count). The molecular formula is C9H17F3N2O. The monoisotopic (exact) mass is 226 g/mol. The lowest BCUT2D eigenvalue weighted by Crippen LogP contribution is -2.21. The van der Waals surface area contributed by atoms with Crippen LogP contribution >= 0.6 is 0 Å². The van der Waals surface area contributed by atoms with E-state index in [9.17, 15) is 13.2 Å². The predicted octanol–water partition coefficient (Wildman–Crippen LogP) is 2.88. The van der Waals surface area contributed by atoms with E-state index in [4.69, 9.17) is 10.9 Å². The zero-order chi connectivity index (χ0) is 11.9. The quantitative estimate of drug-likeness (QED) is 0.240. The van der Waals surface area contributed by atoms with Crippen molar-refractivity contribution in [1.29, 1.82) is 0 Å². The van der Waals surface area contributed by atoms with Gasteiger partial charge in [0.2, 0.25) is 0 Å². The maximum atomic E-state index is 11.8. The van der Waals surface area contributed by atoms with Gasteiger partial charge in [-0.2, -0.15) is 13.2 Å². The van der Waals surface area contributed by atoms with E-state index >= 15 is 0 Å². The predicted molar refractivity (Wildman–Crippen MR) is 51.7 cm³/mol. The average Bonchev–Trinajstić information content (AvgIpc) is 2.14. The van der Waals surface area contributed by atoms with Crippen LogP contribution in [-0.4, -0.2) is 17.2 Å². The van der Waals surface area contributed by atoms with Crippen molar-refractivity contribution in [3.8, 4) is 0 Å². The maximum absolute atomic E-state index is 11.8. The second kappa shape index (κ2) is 6.53. The zero-order valence-corrected chi connectivity index (χ0v) is 8.72. The van der Waals surface area contributed by atoms with Crippen LogP contribution in [0.15, 0.2) is 5.16 Å². The van der Waals surface area contributed by atoms with Gasteiger partial charge in [-0.1, -0.05) is 24.9 Å².